The van der Waals surface area contributed by atoms with Crippen LogP contribution in [0, 0.1) is 24.1 Å². The molecule has 0 aromatic carbocycles. The fraction of sp³-hybridized carbons (Fsp3) is 0.200. The van der Waals surface area contributed by atoms with E-state index in [9.17, 15) is 0 Å². The fourth-order valence-corrected chi connectivity index (χ4v) is 1.62. The summed E-state index contributed by atoms with van der Waals surface area (Å²) in [5.41, 5.74) is 3.41. The normalized spacial score (nSPS) is 11.1. The monoisotopic (exact) mass is 336 g/mol. The SMILES string of the molecule is Cc1cnc2ccc(Br)c[n+]2c1C.[O-][Cl+3]([O-])([O-])[O-]. The highest BCUT2D eigenvalue weighted by Crippen LogP contribution is 2.08. The van der Waals surface area contributed by atoms with Crippen molar-refractivity contribution in [1.82, 2.24) is 4.98 Å². The molecule has 0 fully saturated rings. The predicted molar refractivity (Wildman–Crippen MR) is 54.6 cm³/mol. The van der Waals surface area contributed by atoms with E-state index in [1.165, 1.54) is 11.3 Å². The van der Waals surface area contributed by atoms with Crippen molar-refractivity contribution in [2.75, 3.05) is 0 Å². The van der Waals surface area contributed by atoms with Crippen LogP contribution in [-0.4, -0.2) is 4.98 Å². The Kier molecular flexibility index (Phi) is 4.97. The largest absolute Gasteiger partial charge is 0.327 e. The summed E-state index contributed by atoms with van der Waals surface area (Å²) < 4.78 is 37.1. The first kappa shape index (κ1) is 15.2. The van der Waals surface area contributed by atoms with Gasteiger partial charge in [-0.25, -0.2) is 18.6 Å². The first-order chi connectivity index (χ1) is 8.18. The Morgan fingerprint density at radius 1 is 1.17 bits per heavy atom. The molecule has 98 valence electrons. The Bertz CT molecular complexity index is 548. The quantitative estimate of drug-likeness (QED) is 0.491. The standard InChI is InChI=1S/C10H10BrN2.ClHO4/c1-7-5-12-10-4-3-9(11)6-13(10)8(7)2;2-1(3,4)5/h3-6H,1-2H3;(H,2,3,4,5)/q+1;/p-1. The lowest BCUT2D eigenvalue weighted by Crippen LogP contribution is -2.68. The second kappa shape index (κ2) is 5.87. The molecule has 2 aromatic heterocycles. The Morgan fingerprint density at radius 2 is 1.72 bits per heavy atom. The molecule has 0 unspecified atom stereocenters. The molecule has 0 radical (unpaired) electrons. The van der Waals surface area contributed by atoms with Gasteiger partial charge in [-0.15, -0.1) is 10.2 Å². The molecule has 0 aliphatic heterocycles. The molecule has 0 saturated heterocycles. The number of rotatable bonds is 0. The highest BCUT2D eigenvalue weighted by atomic mass is 79.9. The number of pyridine rings is 1. The van der Waals surface area contributed by atoms with Gasteiger partial charge >= 0.3 is 5.65 Å². The van der Waals surface area contributed by atoms with Crippen LogP contribution in [-0.2, 0) is 0 Å². The number of fused-ring (bicyclic) bond motifs is 1. The molecule has 2 rings (SSSR count). The average molecular weight is 338 g/mol. The minimum Gasteiger partial charge on any atom is -0.222 e. The maximum Gasteiger partial charge on any atom is 0.327 e. The Hall–Kier alpha value is -0.830. The molecule has 0 spiro atoms. The minimum absolute atomic E-state index is 0.978. The molecule has 2 heterocycles. The average Bonchev–Trinajstić information content (AvgIpc) is 2.22. The van der Waals surface area contributed by atoms with Crippen LogP contribution < -0.4 is 23.0 Å². The third-order valence-corrected chi connectivity index (χ3v) is 2.68. The molecule has 0 atom stereocenters. The molecule has 0 aliphatic carbocycles. The molecular weight excluding hydrogens is 327 g/mol. The lowest BCUT2D eigenvalue weighted by atomic mass is 10.2. The third kappa shape index (κ3) is 4.81. The van der Waals surface area contributed by atoms with E-state index in [1.54, 1.807) is 0 Å². The first-order valence-corrected chi connectivity index (χ1v) is 6.76. The maximum atomic E-state index is 8.49. The number of halogens is 2. The van der Waals surface area contributed by atoms with Gasteiger partial charge in [0, 0.05) is 11.6 Å². The lowest BCUT2D eigenvalue weighted by Gasteiger charge is -2.17. The number of nitrogens with zero attached hydrogens (tertiary/aromatic N) is 2. The molecule has 18 heavy (non-hydrogen) atoms. The molecule has 0 N–H and O–H groups in total. The minimum atomic E-state index is -4.94. The van der Waals surface area contributed by atoms with E-state index in [0.717, 1.165) is 10.1 Å². The van der Waals surface area contributed by atoms with Crippen molar-refractivity contribution in [3.8, 4) is 0 Å². The molecule has 2 aromatic rings. The van der Waals surface area contributed by atoms with Crippen LogP contribution in [0.2, 0.25) is 0 Å². The lowest BCUT2D eigenvalue weighted by molar-refractivity contribution is -2.00. The van der Waals surface area contributed by atoms with Crippen LogP contribution in [0.4, 0.5) is 0 Å². The smallest absolute Gasteiger partial charge is 0.222 e. The molecule has 0 amide bonds. The van der Waals surface area contributed by atoms with Gasteiger partial charge < -0.3 is 0 Å². The summed E-state index contributed by atoms with van der Waals surface area (Å²) in [6.45, 7) is 4.16. The highest BCUT2D eigenvalue weighted by molar-refractivity contribution is 9.10. The molecule has 0 aliphatic rings. The van der Waals surface area contributed by atoms with Crippen LogP contribution in [0.1, 0.15) is 11.3 Å². The zero-order valence-electron chi connectivity index (χ0n) is 9.59. The van der Waals surface area contributed by atoms with Crippen LogP contribution in [0.15, 0.2) is 29.0 Å². The maximum absolute atomic E-state index is 8.49. The van der Waals surface area contributed by atoms with Crippen molar-refractivity contribution >= 4 is 21.6 Å². The van der Waals surface area contributed by atoms with Gasteiger partial charge in [0.1, 0.15) is 18.1 Å². The molecular formula is C10H10BrClN2O4. The first-order valence-electron chi connectivity index (χ1n) is 4.73. The van der Waals surface area contributed by atoms with Gasteiger partial charge in [0.2, 0.25) is 0 Å². The van der Waals surface area contributed by atoms with E-state index in [1.807, 2.05) is 24.5 Å². The van der Waals surface area contributed by atoms with Gasteiger partial charge in [0.05, 0.1) is 4.47 Å². The van der Waals surface area contributed by atoms with E-state index in [0.29, 0.717) is 0 Å². The van der Waals surface area contributed by atoms with Crippen molar-refractivity contribution in [2.45, 2.75) is 13.8 Å². The number of hydrogen-bond donors (Lipinski definition) is 0. The zero-order valence-corrected chi connectivity index (χ0v) is 11.9. The predicted octanol–water partition coefficient (Wildman–Crippen LogP) is -2.56. The van der Waals surface area contributed by atoms with Gasteiger partial charge in [-0.1, -0.05) is 0 Å². The second-order valence-electron chi connectivity index (χ2n) is 3.48. The number of aryl methyl sites for hydroxylation is 2. The fourth-order valence-electron chi connectivity index (χ4n) is 1.29. The van der Waals surface area contributed by atoms with E-state index >= 15 is 0 Å². The van der Waals surface area contributed by atoms with Gasteiger partial charge in [-0.2, -0.15) is 4.40 Å². The Labute approximate surface area is 114 Å². The van der Waals surface area contributed by atoms with Crippen molar-refractivity contribution in [3.63, 3.8) is 0 Å². The second-order valence-corrected chi connectivity index (χ2v) is 5.15. The Morgan fingerprint density at radius 3 is 2.28 bits per heavy atom. The van der Waals surface area contributed by atoms with E-state index in [2.05, 4.69) is 39.2 Å². The number of hydrogen-bond acceptors (Lipinski definition) is 5. The summed E-state index contributed by atoms with van der Waals surface area (Å²) in [5.74, 6) is 0. The van der Waals surface area contributed by atoms with Crippen LogP contribution in [0.5, 0.6) is 0 Å². The van der Waals surface area contributed by atoms with Crippen molar-refractivity contribution in [2.24, 2.45) is 0 Å². The molecule has 0 saturated carbocycles. The zero-order chi connectivity index (χ0) is 13.9. The summed E-state index contributed by atoms with van der Waals surface area (Å²) in [4.78, 5) is 4.32. The van der Waals surface area contributed by atoms with Crippen molar-refractivity contribution in [1.29, 1.82) is 0 Å². The van der Waals surface area contributed by atoms with Crippen LogP contribution in [0.3, 0.4) is 0 Å². The summed E-state index contributed by atoms with van der Waals surface area (Å²) in [6.07, 6.45) is 3.93. The van der Waals surface area contributed by atoms with Crippen molar-refractivity contribution in [3.05, 3.63) is 40.3 Å². The van der Waals surface area contributed by atoms with Gasteiger partial charge in [-0.3, -0.25) is 0 Å². The van der Waals surface area contributed by atoms with Gasteiger partial charge in [0.15, 0.2) is 0 Å². The van der Waals surface area contributed by atoms with Gasteiger partial charge in [0.25, 0.3) is 0 Å². The number of aromatic nitrogens is 2. The molecule has 6 nitrogen and oxygen atoms in total. The highest BCUT2D eigenvalue weighted by Gasteiger charge is 2.08. The van der Waals surface area contributed by atoms with Gasteiger partial charge in [-0.05, 0) is 40.8 Å². The molecule has 0 bridgehead atoms. The van der Waals surface area contributed by atoms with Crippen molar-refractivity contribution < 1.29 is 33.3 Å². The van der Waals surface area contributed by atoms with Crippen LogP contribution >= 0.6 is 15.9 Å². The summed E-state index contributed by atoms with van der Waals surface area (Å²) in [7, 11) is -4.94. The topological polar surface area (TPSA) is 109 Å². The third-order valence-electron chi connectivity index (χ3n) is 2.21. The van der Waals surface area contributed by atoms with E-state index < -0.39 is 10.2 Å². The van der Waals surface area contributed by atoms with E-state index in [4.69, 9.17) is 18.6 Å². The van der Waals surface area contributed by atoms with E-state index in [-0.39, 0.29) is 0 Å². The summed E-state index contributed by atoms with van der Waals surface area (Å²) in [6, 6.07) is 3.99. The Balaban J connectivity index is 0.000000280. The summed E-state index contributed by atoms with van der Waals surface area (Å²) in [5, 5.41) is 0. The molecule has 8 heteroatoms. The van der Waals surface area contributed by atoms with Crippen LogP contribution in [0.25, 0.3) is 5.65 Å². The summed E-state index contributed by atoms with van der Waals surface area (Å²) >= 11 is 3.44.